The van der Waals surface area contributed by atoms with E-state index in [-0.39, 0.29) is 5.75 Å². The first kappa shape index (κ1) is 15.9. The second-order valence-corrected chi connectivity index (χ2v) is 10.3. The van der Waals surface area contributed by atoms with E-state index in [9.17, 15) is 9.36 Å². The summed E-state index contributed by atoms with van der Waals surface area (Å²) in [5.41, 5.74) is 1.96. The van der Waals surface area contributed by atoms with Crippen molar-refractivity contribution in [1.82, 2.24) is 0 Å². The van der Waals surface area contributed by atoms with Gasteiger partial charge in [0.15, 0.2) is 0 Å². The van der Waals surface area contributed by atoms with Gasteiger partial charge in [-0.1, -0.05) is 72.0 Å². The predicted octanol–water partition coefficient (Wildman–Crippen LogP) is 4.48. The van der Waals surface area contributed by atoms with Gasteiger partial charge in [-0.15, -0.1) is 0 Å². The minimum atomic E-state index is -2.68. The number of hydrogen-bond donors (Lipinski definition) is 1. The fourth-order valence-electron chi connectivity index (χ4n) is 2.04. The van der Waals surface area contributed by atoms with Crippen LogP contribution < -0.4 is 0 Å². The molecule has 2 aromatic rings. The Kier molecular flexibility index (Phi) is 5.66. The number of carbonyl (C=O) groups is 1. The van der Waals surface area contributed by atoms with Crippen LogP contribution in [0.2, 0.25) is 0 Å². The molecule has 21 heavy (non-hydrogen) atoms. The number of aliphatic carboxylic acids is 1. The van der Waals surface area contributed by atoms with Crippen LogP contribution in [-0.4, -0.2) is 16.8 Å². The first-order valence-corrected chi connectivity index (χ1v) is 10.3. The van der Waals surface area contributed by atoms with Gasteiger partial charge in [0.25, 0.3) is 0 Å². The summed E-state index contributed by atoms with van der Waals surface area (Å²) in [5.74, 6) is -1.06. The Morgan fingerprint density at radius 3 is 1.71 bits per heavy atom. The molecule has 0 saturated carbocycles. The third kappa shape index (κ3) is 5.41. The number of hydrogen-bond acceptors (Lipinski definition) is 3. The molecule has 0 amide bonds. The summed E-state index contributed by atoms with van der Waals surface area (Å²) >= 11 is 1.08. The van der Waals surface area contributed by atoms with Crippen LogP contribution in [0.3, 0.4) is 0 Å². The Labute approximate surface area is 128 Å². The first-order valence-electron chi connectivity index (χ1n) is 6.60. The molecule has 0 aromatic heterocycles. The van der Waals surface area contributed by atoms with Crippen LogP contribution in [0, 0.1) is 0 Å². The molecular weight excluding hydrogens is 303 g/mol. The normalized spacial score (nSPS) is 11.2. The summed E-state index contributed by atoms with van der Waals surface area (Å²) in [7, 11) is 0. The highest BCUT2D eigenvalue weighted by Crippen LogP contribution is 2.63. The molecule has 0 fully saturated rings. The second-order valence-electron chi connectivity index (χ2n) is 4.77. The fourth-order valence-corrected chi connectivity index (χ4v) is 6.70. The molecule has 0 aliphatic carbocycles. The zero-order valence-electron chi connectivity index (χ0n) is 11.5. The first-order chi connectivity index (χ1) is 10.1. The van der Waals surface area contributed by atoms with Gasteiger partial charge in [0, 0.05) is 12.3 Å². The van der Waals surface area contributed by atoms with Gasteiger partial charge in [0.2, 0.25) is 0 Å². The summed E-state index contributed by atoms with van der Waals surface area (Å²) in [6, 6.07) is 19.2. The van der Waals surface area contributed by atoms with Gasteiger partial charge in [-0.3, -0.25) is 4.79 Å². The van der Waals surface area contributed by atoms with E-state index in [0.717, 1.165) is 22.5 Å². The van der Waals surface area contributed by atoms with E-state index in [4.69, 9.17) is 5.11 Å². The van der Waals surface area contributed by atoms with Gasteiger partial charge in [-0.05, 0) is 11.1 Å². The molecule has 3 nitrogen and oxygen atoms in total. The topological polar surface area (TPSA) is 54.4 Å². The summed E-state index contributed by atoms with van der Waals surface area (Å²) in [4.78, 5) is 10.8. The molecule has 0 radical (unpaired) electrons. The van der Waals surface area contributed by atoms with Crippen molar-refractivity contribution >= 4 is 23.7 Å². The van der Waals surface area contributed by atoms with E-state index in [2.05, 4.69) is 0 Å². The van der Waals surface area contributed by atoms with E-state index in [1.54, 1.807) is 0 Å². The average molecular weight is 320 g/mol. The number of rotatable bonds is 7. The van der Waals surface area contributed by atoms with Crippen molar-refractivity contribution < 1.29 is 14.5 Å². The van der Waals surface area contributed by atoms with E-state index in [0.29, 0.717) is 12.3 Å². The van der Waals surface area contributed by atoms with Crippen molar-refractivity contribution in [2.45, 2.75) is 12.3 Å². The van der Waals surface area contributed by atoms with Crippen molar-refractivity contribution in [1.29, 1.82) is 0 Å². The highest BCUT2D eigenvalue weighted by atomic mass is 32.7. The molecule has 0 aliphatic rings. The minimum absolute atomic E-state index is 0.128. The molecule has 2 rings (SSSR count). The maximum absolute atomic E-state index is 13.2. The third-order valence-electron chi connectivity index (χ3n) is 2.96. The van der Waals surface area contributed by atoms with Gasteiger partial charge in [-0.25, -0.2) is 0 Å². The van der Waals surface area contributed by atoms with Crippen LogP contribution in [0.25, 0.3) is 0 Å². The summed E-state index contributed by atoms with van der Waals surface area (Å²) in [5, 5.41) is 8.87. The third-order valence-corrected chi connectivity index (χ3v) is 8.07. The number of benzene rings is 2. The molecule has 0 spiro atoms. The van der Waals surface area contributed by atoms with Crippen LogP contribution in [0.4, 0.5) is 0 Å². The summed E-state index contributed by atoms with van der Waals surface area (Å²) < 4.78 is 13.2. The molecule has 110 valence electrons. The average Bonchev–Trinajstić information content (AvgIpc) is 2.47. The summed E-state index contributed by atoms with van der Waals surface area (Å²) in [6.45, 7) is 0. The van der Waals surface area contributed by atoms with Gasteiger partial charge in [-0.2, -0.15) is 0 Å². The fraction of sp³-hybridized carbons (Fsp3) is 0.188. The van der Waals surface area contributed by atoms with Crippen LogP contribution in [0.15, 0.2) is 60.7 Å². The van der Waals surface area contributed by atoms with Crippen molar-refractivity contribution in [2.24, 2.45) is 0 Å². The molecule has 0 unspecified atom stereocenters. The van der Waals surface area contributed by atoms with Crippen LogP contribution in [0.5, 0.6) is 0 Å². The quantitative estimate of drug-likeness (QED) is 0.764. The van der Waals surface area contributed by atoms with Crippen LogP contribution >= 0.6 is 17.7 Å². The number of carboxylic acid groups (broad SMARTS) is 1. The van der Waals surface area contributed by atoms with Gasteiger partial charge >= 0.3 is 5.97 Å². The lowest BCUT2D eigenvalue weighted by Gasteiger charge is -2.17. The maximum atomic E-state index is 13.2. The van der Waals surface area contributed by atoms with Gasteiger partial charge in [0.1, 0.15) is 6.34 Å². The van der Waals surface area contributed by atoms with Gasteiger partial charge < -0.3 is 9.67 Å². The summed E-state index contributed by atoms with van der Waals surface area (Å²) in [6.07, 6.45) is -1.85. The zero-order valence-corrected chi connectivity index (χ0v) is 13.2. The Morgan fingerprint density at radius 1 is 0.905 bits per heavy atom. The maximum Gasteiger partial charge on any atom is 0.313 e. The Morgan fingerprint density at radius 2 is 1.33 bits per heavy atom. The van der Waals surface area contributed by atoms with Crippen LogP contribution in [0.1, 0.15) is 11.1 Å². The van der Waals surface area contributed by atoms with Crippen molar-refractivity contribution in [3.05, 3.63) is 71.8 Å². The Hall–Kier alpha value is -1.51. The Balaban J connectivity index is 2.17. The SMILES string of the molecule is O=C(O)CSP(=O)(Cc1ccccc1)Cc1ccccc1. The molecule has 0 aliphatic heterocycles. The predicted molar refractivity (Wildman–Crippen MR) is 88.0 cm³/mol. The highest BCUT2D eigenvalue weighted by Gasteiger charge is 2.25. The van der Waals surface area contributed by atoms with Gasteiger partial charge in [0.05, 0.1) is 5.75 Å². The largest absolute Gasteiger partial charge is 0.481 e. The molecular formula is C16H17O3PS. The highest BCUT2D eigenvalue weighted by molar-refractivity contribution is 8.57. The molecule has 5 heteroatoms. The van der Waals surface area contributed by atoms with E-state index in [1.807, 2.05) is 60.7 Å². The zero-order chi connectivity index (χ0) is 15.1. The van der Waals surface area contributed by atoms with Crippen LogP contribution in [-0.2, 0) is 21.7 Å². The van der Waals surface area contributed by atoms with Crippen molar-refractivity contribution in [2.75, 3.05) is 5.75 Å². The van der Waals surface area contributed by atoms with E-state index < -0.39 is 12.3 Å². The lowest BCUT2D eigenvalue weighted by atomic mass is 10.2. The van der Waals surface area contributed by atoms with Crippen molar-refractivity contribution in [3.63, 3.8) is 0 Å². The lowest BCUT2D eigenvalue weighted by Crippen LogP contribution is -2.00. The molecule has 2 aromatic carbocycles. The number of carboxylic acids is 1. The molecule has 0 bridgehead atoms. The smallest absolute Gasteiger partial charge is 0.313 e. The molecule has 0 heterocycles. The Bertz CT molecular complexity index is 583. The molecule has 0 saturated heterocycles. The van der Waals surface area contributed by atoms with Crippen molar-refractivity contribution in [3.8, 4) is 0 Å². The van der Waals surface area contributed by atoms with E-state index in [1.165, 1.54) is 0 Å². The lowest BCUT2D eigenvalue weighted by molar-refractivity contribution is -0.133. The second kappa shape index (κ2) is 7.48. The minimum Gasteiger partial charge on any atom is -0.481 e. The molecule has 0 atom stereocenters. The van der Waals surface area contributed by atoms with E-state index >= 15 is 0 Å². The monoisotopic (exact) mass is 320 g/mol. The molecule has 1 N–H and O–H groups in total. The standard InChI is InChI=1S/C16H17O3PS/c17-16(18)13-21-20(19,11-14-7-3-1-4-8-14)12-15-9-5-2-6-10-15/h1-10H,11-13H2,(H,17,18).